The smallest absolute Gasteiger partial charge is 0.217 e. The number of hydrogen-bond acceptors (Lipinski definition) is 16. The Morgan fingerprint density at radius 2 is 1.34 bits per heavy atom. The van der Waals surface area contributed by atoms with Gasteiger partial charge in [-0.2, -0.15) is 0 Å². The van der Waals surface area contributed by atoms with E-state index < -0.39 is 117 Å². The fraction of sp³-hybridized carbons (Fsp3) is 0.952. The van der Waals surface area contributed by atoms with Crippen molar-refractivity contribution in [3.8, 4) is 0 Å². The monoisotopic (exact) mass is 559 g/mol. The van der Waals surface area contributed by atoms with E-state index in [0.717, 1.165) is 6.92 Å². The van der Waals surface area contributed by atoms with Gasteiger partial charge in [0.2, 0.25) is 5.91 Å². The van der Waals surface area contributed by atoms with Crippen LogP contribution in [0.25, 0.3) is 0 Å². The van der Waals surface area contributed by atoms with Crippen LogP contribution in [-0.4, -0.2) is 168 Å². The maximum atomic E-state index is 11.9. The summed E-state index contributed by atoms with van der Waals surface area (Å²) in [6.07, 6.45) is -24.1. The molecule has 1 amide bonds. The highest BCUT2D eigenvalue weighted by molar-refractivity contribution is 5.73. The van der Waals surface area contributed by atoms with Crippen molar-refractivity contribution in [1.29, 1.82) is 0 Å². The molecule has 38 heavy (non-hydrogen) atoms. The fourth-order valence-corrected chi connectivity index (χ4v) is 4.64. The molecule has 0 aliphatic carbocycles. The third-order valence-electron chi connectivity index (χ3n) is 6.80. The van der Waals surface area contributed by atoms with Crippen LogP contribution in [0.5, 0.6) is 0 Å². The molecule has 3 rings (SSSR count). The molecular weight excluding hydrogens is 522 g/mol. The van der Waals surface area contributed by atoms with E-state index in [9.17, 15) is 55.9 Å². The van der Waals surface area contributed by atoms with Gasteiger partial charge in [0.1, 0.15) is 73.2 Å². The SMILES string of the molecule is CC(=O)N[C@H]1[C@H](O[C@H](C)[C@H]2OC(O)[C@H](O)[C@@H](O)[C@H]2O)O[C@H](CO)[C@@H](O[C@@H]2O[C@H](CO)[C@H](O)[C@H](O)[C@H]2O)[C@@H]1O. The Morgan fingerprint density at radius 1 is 0.763 bits per heavy atom. The van der Waals surface area contributed by atoms with Crippen LogP contribution in [0.15, 0.2) is 0 Å². The maximum Gasteiger partial charge on any atom is 0.217 e. The molecule has 3 fully saturated rings. The van der Waals surface area contributed by atoms with Gasteiger partial charge in [-0.05, 0) is 6.92 Å². The lowest BCUT2D eigenvalue weighted by Crippen LogP contribution is -2.68. The van der Waals surface area contributed by atoms with Gasteiger partial charge in [0, 0.05) is 6.92 Å². The molecule has 17 nitrogen and oxygen atoms in total. The number of aliphatic hydroxyl groups excluding tert-OH is 10. The van der Waals surface area contributed by atoms with Gasteiger partial charge in [-0.3, -0.25) is 4.79 Å². The summed E-state index contributed by atoms with van der Waals surface area (Å²) in [4.78, 5) is 11.9. The fourth-order valence-electron chi connectivity index (χ4n) is 4.64. The Morgan fingerprint density at radius 3 is 1.92 bits per heavy atom. The van der Waals surface area contributed by atoms with E-state index in [-0.39, 0.29) is 0 Å². The minimum Gasteiger partial charge on any atom is -0.394 e. The summed E-state index contributed by atoms with van der Waals surface area (Å²) in [5, 5.41) is 103. The molecule has 222 valence electrons. The highest BCUT2D eigenvalue weighted by atomic mass is 16.7. The van der Waals surface area contributed by atoms with E-state index in [4.69, 9.17) is 23.7 Å². The summed E-state index contributed by atoms with van der Waals surface area (Å²) in [6, 6.07) is -1.39. The molecule has 3 aliphatic heterocycles. The Hall–Kier alpha value is -1.13. The quantitative estimate of drug-likeness (QED) is 0.132. The van der Waals surface area contributed by atoms with Crippen LogP contribution in [0.3, 0.4) is 0 Å². The molecule has 17 heteroatoms. The molecule has 0 aromatic carbocycles. The summed E-state index contributed by atoms with van der Waals surface area (Å²) in [6.45, 7) is 0.957. The van der Waals surface area contributed by atoms with Gasteiger partial charge < -0.3 is 80.1 Å². The molecule has 3 saturated heterocycles. The molecule has 11 N–H and O–H groups in total. The van der Waals surface area contributed by atoms with Crippen LogP contribution >= 0.6 is 0 Å². The molecular formula is C21H37NO16. The Balaban J connectivity index is 1.78. The van der Waals surface area contributed by atoms with Crippen LogP contribution in [-0.2, 0) is 28.5 Å². The van der Waals surface area contributed by atoms with Gasteiger partial charge in [0.15, 0.2) is 18.9 Å². The topological polar surface area (TPSA) is 278 Å². The highest BCUT2D eigenvalue weighted by Gasteiger charge is 2.53. The largest absolute Gasteiger partial charge is 0.394 e. The normalized spacial score (nSPS) is 48.9. The predicted molar refractivity (Wildman–Crippen MR) is 117 cm³/mol. The summed E-state index contributed by atoms with van der Waals surface area (Å²) in [5.74, 6) is -0.643. The zero-order chi connectivity index (χ0) is 28.5. The van der Waals surface area contributed by atoms with E-state index in [0.29, 0.717) is 0 Å². The standard InChI is InChI=1S/C21H37NO16/c1-5(17-14(30)13(29)15(31)19(33)37-17)34-20-9(22-6(2)25)11(27)18(8(4-24)36-20)38-21-16(32)12(28)10(26)7(3-23)35-21/h5,7-21,23-24,26-33H,3-4H2,1-2H3,(H,22,25)/t5-,7-,8-,9-,10+,11-,12+,13+,14-,15-,16-,17-,18-,19?,20-,21+/m1/s1. The number of rotatable bonds is 8. The number of nitrogens with one attached hydrogen (secondary N) is 1. The number of aliphatic hydroxyl groups is 10. The van der Waals surface area contributed by atoms with Crippen molar-refractivity contribution in [2.75, 3.05) is 13.2 Å². The third kappa shape index (κ3) is 6.43. The van der Waals surface area contributed by atoms with Crippen LogP contribution in [0.4, 0.5) is 0 Å². The van der Waals surface area contributed by atoms with Gasteiger partial charge in [-0.15, -0.1) is 0 Å². The van der Waals surface area contributed by atoms with Crippen molar-refractivity contribution in [3.63, 3.8) is 0 Å². The average Bonchev–Trinajstić information content (AvgIpc) is 2.88. The molecule has 0 bridgehead atoms. The van der Waals surface area contributed by atoms with E-state index in [1.165, 1.54) is 6.92 Å². The van der Waals surface area contributed by atoms with E-state index in [1.807, 2.05) is 0 Å². The second-order valence-electron chi connectivity index (χ2n) is 9.54. The van der Waals surface area contributed by atoms with Gasteiger partial charge in [0.05, 0.1) is 19.3 Å². The van der Waals surface area contributed by atoms with Crippen molar-refractivity contribution in [2.24, 2.45) is 0 Å². The first kappa shape index (κ1) is 31.4. The second kappa shape index (κ2) is 13.0. The molecule has 16 atom stereocenters. The lowest BCUT2D eigenvalue weighted by atomic mass is 9.94. The van der Waals surface area contributed by atoms with Crippen LogP contribution in [0.2, 0.25) is 0 Å². The van der Waals surface area contributed by atoms with Gasteiger partial charge in [0.25, 0.3) is 0 Å². The molecule has 0 aromatic rings. The van der Waals surface area contributed by atoms with Crippen LogP contribution in [0.1, 0.15) is 13.8 Å². The maximum absolute atomic E-state index is 11.9. The summed E-state index contributed by atoms with van der Waals surface area (Å²) >= 11 is 0. The van der Waals surface area contributed by atoms with Crippen molar-refractivity contribution >= 4 is 5.91 Å². The Bertz CT molecular complexity index is 776. The van der Waals surface area contributed by atoms with Gasteiger partial charge in [-0.25, -0.2) is 0 Å². The number of hydrogen-bond donors (Lipinski definition) is 11. The van der Waals surface area contributed by atoms with Gasteiger partial charge >= 0.3 is 0 Å². The molecule has 3 aliphatic rings. The first-order valence-corrected chi connectivity index (χ1v) is 12.0. The molecule has 0 radical (unpaired) electrons. The third-order valence-corrected chi connectivity index (χ3v) is 6.80. The van der Waals surface area contributed by atoms with Crippen LogP contribution < -0.4 is 5.32 Å². The second-order valence-corrected chi connectivity index (χ2v) is 9.54. The average molecular weight is 560 g/mol. The summed E-state index contributed by atoms with van der Waals surface area (Å²) in [7, 11) is 0. The summed E-state index contributed by atoms with van der Waals surface area (Å²) in [5.41, 5.74) is 0. The van der Waals surface area contributed by atoms with Crippen LogP contribution in [0, 0.1) is 0 Å². The van der Waals surface area contributed by atoms with E-state index in [2.05, 4.69) is 5.32 Å². The van der Waals surface area contributed by atoms with E-state index in [1.54, 1.807) is 0 Å². The number of ether oxygens (including phenoxy) is 5. The molecule has 0 aromatic heterocycles. The lowest BCUT2D eigenvalue weighted by molar-refractivity contribution is -0.357. The van der Waals surface area contributed by atoms with Crippen molar-refractivity contribution in [3.05, 3.63) is 0 Å². The zero-order valence-corrected chi connectivity index (χ0v) is 20.6. The van der Waals surface area contributed by atoms with Gasteiger partial charge in [-0.1, -0.05) is 0 Å². The molecule has 3 heterocycles. The van der Waals surface area contributed by atoms with Crippen molar-refractivity contribution in [1.82, 2.24) is 5.32 Å². The number of amides is 1. The minimum atomic E-state index is -1.85. The summed E-state index contributed by atoms with van der Waals surface area (Å²) < 4.78 is 27.5. The van der Waals surface area contributed by atoms with Crippen molar-refractivity contribution < 1.29 is 79.5 Å². The number of carbonyl (C=O) groups excluding carboxylic acids is 1. The van der Waals surface area contributed by atoms with Crippen molar-refractivity contribution in [2.45, 2.75) is 112 Å². The number of carbonyl (C=O) groups is 1. The first-order valence-electron chi connectivity index (χ1n) is 12.0. The first-order chi connectivity index (χ1) is 17.8. The molecule has 0 saturated carbocycles. The minimum absolute atomic E-state index is 0.643. The van der Waals surface area contributed by atoms with E-state index >= 15 is 0 Å². The Kier molecular flexibility index (Phi) is 10.8. The highest BCUT2D eigenvalue weighted by Crippen LogP contribution is 2.31. The molecule has 0 spiro atoms. The lowest BCUT2D eigenvalue weighted by Gasteiger charge is -2.48. The molecule has 1 unspecified atom stereocenters. The zero-order valence-electron chi connectivity index (χ0n) is 20.6. The Labute approximate surface area is 216 Å². The predicted octanol–water partition coefficient (Wildman–Crippen LogP) is -7.04.